The summed E-state index contributed by atoms with van der Waals surface area (Å²) in [6.45, 7) is 0. The zero-order valence-electron chi connectivity index (χ0n) is 13.8. The first-order chi connectivity index (χ1) is 11.9. The number of carbonyl (C=O) groups is 2. The summed E-state index contributed by atoms with van der Waals surface area (Å²) in [5.74, 6) is -3.22. The van der Waals surface area contributed by atoms with Crippen molar-refractivity contribution >= 4 is 11.9 Å². The molecule has 25 heavy (non-hydrogen) atoms. The van der Waals surface area contributed by atoms with Crippen LogP contribution in [0, 0.1) is 11.8 Å². The average Bonchev–Trinajstić information content (AvgIpc) is 3.42. The molecule has 3 atom stereocenters. The van der Waals surface area contributed by atoms with Crippen molar-refractivity contribution < 1.29 is 19.8 Å². The number of hydrogen-bond acceptors (Lipinski definition) is 3. The molecule has 2 aromatic carbocycles. The van der Waals surface area contributed by atoms with Crippen LogP contribution < -0.4 is 5.73 Å². The Morgan fingerprint density at radius 3 is 2.12 bits per heavy atom. The van der Waals surface area contributed by atoms with Gasteiger partial charge in [0.1, 0.15) is 5.54 Å². The van der Waals surface area contributed by atoms with Gasteiger partial charge in [-0.05, 0) is 36.0 Å². The highest BCUT2D eigenvalue weighted by Crippen LogP contribution is 2.47. The van der Waals surface area contributed by atoms with Gasteiger partial charge in [0, 0.05) is 5.92 Å². The molecule has 0 spiro atoms. The fraction of sp³-hybridized carbons (Fsp3) is 0.300. The average molecular weight is 339 g/mol. The third-order valence-electron chi connectivity index (χ3n) is 5.06. The summed E-state index contributed by atoms with van der Waals surface area (Å²) in [7, 11) is 0. The molecule has 4 N–H and O–H groups in total. The van der Waals surface area contributed by atoms with Crippen molar-refractivity contribution in [1.29, 1.82) is 0 Å². The molecule has 3 rings (SSSR count). The Kier molecular flexibility index (Phi) is 4.59. The summed E-state index contributed by atoms with van der Waals surface area (Å²) in [4.78, 5) is 22.7. The number of rotatable bonds is 7. The Balaban J connectivity index is 1.68. The molecule has 0 saturated heterocycles. The zero-order valence-corrected chi connectivity index (χ0v) is 13.8. The van der Waals surface area contributed by atoms with Gasteiger partial charge in [-0.15, -0.1) is 0 Å². The molecule has 2 aromatic rings. The molecule has 1 aliphatic carbocycles. The predicted octanol–water partition coefficient (Wildman–Crippen LogP) is 2.79. The summed E-state index contributed by atoms with van der Waals surface area (Å²) in [5, 5.41) is 18.5. The highest BCUT2D eigenvalue weighted by Gasteiger charge is 2.57. The Labute approximate surface area is 146 Å². The summed E-state index contributed by atoms with van der Waals surface area (Å²) in [6, 6.07) is 17.9. The van der Waals surface area contributed by atoms with E-state index in [1.54, 1.807) is 0 Å². The molecule has 0 amide bonds. The summed E-state index contributed by atoms with van der Waals surface area (Å²) in [5.41, 5.74) is 7.80. The molecule has 1 fully saturated rings. The quantitative estimate of drug-likeness (QED) is 0.720. The smallest absolute Gasteiger partial charge is 0.324 e. The second-order valence-electron chi connectivity index (χ2n) is 6.70. The lowest BCUT2D eigenvalue weighted by Crippen LogP contribution is -2.51. The lowest BCUT2D eigenvalue weighted by atomic mass is 9.86. The molecule has 0 heterocycles. The molecular weight excluding hydrogens is 318 g/mol. The van der Waals surface area contributed by atoms with E-state index in [0.29, 0.717) is 12.8 Å². The van der Waals surface area contributed by atoms with E-state index < -0.39 is 29.3 Å². The van der Waals surface area contributed by atoms with E-state index in [2.05, 4.69) is 0 Å². The van der Waals surface area contributed by atoms with Crippen LogP contribution in [0.1, 0.15) is 18.4 Å². The summed E-state index contributed by atoms with van der Waals surface area (Å²) >= 11 is 0. The van der Waals surface area contributed by atoms with Crippen molar-refractivity contribution in [2.24, 2.45) is 17.6 Å². The van der Waals surface area contributed by atoms with Crippen molar-refractivity contribution in [1.82, 2.24) is 0 Å². The van der Waals surface area contributed by atoms with Crippen LogP contribution in [0.25, 0.3) is 11.1 Å². The van der Waals surface area contributed by atoms with Crippen molar-refractivity contribution in [3.63, 3.8) is 0 Å². The SMILES string of the molecule is N[C@@](CCc1ccc(-c2ccccc2)cc1)(C(=O)O)C1C[C@@H]1C(=O)O. The molecule has 0 bridgehead atoms. The molecule has 1 saturated carbocycles. The maximum atomic E-state index is 11.6. The molecule has 130 valence electrons. The molecule has 5 heteroatoms. The van der Waals surface area contributed by atoms with Gasteiger partial charge in [0.2, 0.25) is 0 Å². The lowest BCUT2D eigenvalue weighted by molar-refractivity contribution is -0.145. The van der Waals surface area contributed by atoms with Crippen LogP contribution >= 0.6 is 0 Å². The minimum Gasteiger partial charge on any atom is -0.481 e. The second-order valence-corrected chi connectivity index (χ2v) is 6.70. The molecule has 0 aliphatic heterocycles. The fourth-order valence-corrected chi connectivity index (χ4v) is 3.33. The van der Waals surface area contributed by atoms with E-state index >= 15 is 0 Å². The van der Waals surface area contributed by atoms with Crippen molar-refractivity contribution in [3.05, 3.63) is 60.2 Å². The first-order valence-electron chi connectivity index (χ1n) is 8.31. The number of carboxylic acid groups (broad SMARTS) is 2. The monoisotopic (exact) mass is 339 g/mol. The maximum Gasteiger partial charge on any atom is 0.324 e. The standard InChI is InChI=1S/C20H21NO4/c21-20(19(24)25,17-12-16(17)18(22)23)11-10-13-6-8-15(9-7-13)14-4-2-1-3-5-14/h1-9,16-17H,10-12,21H2,(H,22,23)(H,24,25)/t16-,17?,20+/m0/s1. The number of aryl methyl sites for hydroxylation is 1. The highest BCUT2D eigenvalue weighted by atomic mass is 16.4. The van der Waals surface area contributed by atoms with Gasteiger partial charge in [0.15, 0.2) is 0 Å². The van der Waals surface area contributed by atoms with Gasteiger partial charge in [-0.1, -0.05) is 54.6 Å². The van der Waals surface area contributed by atoms with Crippen molar-refractivity contribution in [3.8, 4) is 11.1 Å². The fourth-order valence-electron chi connectivity index (χ4n) is 3.33. The van der Waals surface area contributed by atoms with E-state index in [1.807, 2.05) is 54.6 Å². The number of aliphatic carboxylic acids is 2. The van der Waals surface area contributed by atoms with Gasteiger partial charge in [0.25, 0.3) is 0 Å². The molecular formula is C20H21NO4. The van der Waals surface area contributed by atoms with Crippen molar-refractivity contribution in [2.45, 2.75) is 24.8 Å². The molecule has 1 aliphatic rings. The zero-order chi connectivity index (χ0) is 18.0. The lowest BCUT2D eigenvalue weighted by Gasteiger charge is -2.25. The maximum absolute atomic E-state index is 11.6. The van der Waals surface area contributed by atoms with Gasteiger partial charge in [-0.3, -0.25) is 9.59 Å². The van der Waals surface area contributed by atoms with Crippen molar-refractivity contribution in [2.75, 3.05) is 0 Å². The van der Waals surface area contributed by atoms with Gasteiger partial charge in [-0.2, -0.15) is 0 Å². The molecule has 5 nitrogen and oxygen atoms in total. The first-order valence-corrected chi connectivity index (χ1v) is 8.31. The largest absolute Gasteiger partial charge is 0.481 e. The van der Waals surface area contributed by atoms with Crippen LogP contribution in [0.15, 0.2) is 54.6 Å². The van der Waals surface area contributed by atoms with Gasteiger partial charge >= 0.3 is 11.9 Å². The number of carboxylic acids is 2. The van der Waals surface area contributed by atoms with Crippen LogP contribution in [0.5, 0.6) is 0 Å². The highest BCUT2D eigenvalue weighted by molar-refractivity contribution is 5.83. The second kappa shape index (κ2) is 6.69. The summed E-state index contributed by atoms with van der Waals surface area (Å²) < 4.78 is 0. The van der Waals surface area contributed by atoms with E-state index in [0.717, 1.165) is 16.7 Å². The minimum atomic E-state index is -1.48. The Morgan fingerprint density at radius 2 is 1.60 bits per heavy atom. The molecule has 1 unspecified atom stereocenters. The van der Waals surface area contributed by atoms with Crippen LogP contribution in [0.3, 0.4) is 0 Å². The summed E-state index contributed by atoms with van der Waals surface area (Å²) in [6.07, 6.45) is 1.06. The minimum absolute atomic E-state index is 0.224. The van der Waals surface area contributed by atoms with Crippen LogP contribution in [-0.4, -0.2) is 27.7 Å². The van der Waals surface area contributed by atoms with Crippen LogP contribution in [0.2, 0.25) is 0 Å². The van der Waals surface area contributed by atoms with E-state index in [9.17, 15) is 14.7 Å². The topological polar surface area (TPSA) is 101 Å². The van der Waals surface area contributed by atoms with E-state index in [1.165, 1.54) is 0 Å². The first kappa shape index (κ1) is 17.2. The number of benzene rings is 2. The predicted molar refractivity (Wildman–Crippen MR) is 94.0 cm³/mol. The van der Waals surface area contributed by atoms with Crippen LogP contribution in [-0.2, 0) is 16.0 Å². The Bertz CT molecular complexity index is 772. The van der Waals surface area contributed by atoms with E-state index in [4.69, 9.17) is 10.8 Å². The van der Waals surface area contributed by atoms with Gasteiger partial charge in [0.05, 0.1) is 5.92 Å². The van der Waals surface area contributed by atoms with Gasteiger partial charge < -0.3 is 15.9 Å². The van der Waals surface area contributed by atoms with E-state index in [-0.39, 0.29) is 6.42 Å². The third-order valence-corrected chi connectivity index (χ3v) is 5.06. The number of nitrogens with two attached hydrogens (primary N) is 1. The third kappa shape index (κ3) is 3.56. The van der Waals surface area contributed by atoms with Crippen LogP contribution in [0.4, 0.5) is 0 Å². The van der Waals surface area contributed by atoms with Gasteiger partial charge in [-0.25, -0.2) is 0 Å². The normalized spacial score (nSPS) is 21.3. The Morgan fingerprint density at radius 1 is 1.00 bits per heavy atom. The molecule has 0 radical (unpaired) electrons. The Hall–Kier alpha value is -2.66. The number of hydrogen-bond donors (Lipinski definition) is 3. The molecule has 0 aromatic heterocycles.